The van der Waals surface area contributed by atoms with E-state index < -0.39 is 11.9 Å². The minimum Gasteiger partial charge on any atom is -0.497 e. The Morgan fingerprint density at radius 2 is 1.84 bits per heavy atom. The molecule has 1 saturated heterocycles. The molecule has 8 heteroatoms. The van der Waals surface area contributed by atoms with E-state index in [9.17, 15) is 14.4 Å². The van der Waals surface area contributed by atoms with Crippen LogP contribution in [-0.2, 0) is 14.3 Å². The zero-order chi connectivity index (χ0) is 22.7. The van der Waals surface area contributed by atoms with Gasteiger partial charge in [0.1, 0.15) is 5.75 Å². The Hall–Kier alpha value is -3.52. The molecule has 0 saturated carbocycles. The highest BCUT2D eigenvalue weighted by atomic mass is 32.1. The predicted molar refractivity (Wildman–Crippen MR) is 121 cm³/mol. The minimum atomic E-state index is -0.627. The van der Waals surface area contributed by atoms with Crippen LogP contribution in [0, 0.1) is 12.8 Å². The van der Waals surface area contributed by atoms with Crippen molar-refractivity contribution < 1.29 is 23.9 Å². The van der Waals surface area contributed by atoms with E-state index in [0.29, 0.717) is 16.4 Å². The number of carbonyl (C=O) groups is 3. The number of ether oxygens (including phenoxy) is 2. The number of esters is 1. The molecule has 32 heavy (non-hydrogen) atoms. The fourth-order valence-electron chi connectivity index (χ4n) is 3.41. The van der Waals surface area contributed by atoms with Crippen LogP contribution < -0.4 is 9.64 Å². The lowest BCUT2D eigenvalue weighted by atomic mass is 10.1. The molecule has 0 radical (unpaired) electrons. The number of methoxy groups -OCH3 is 1. The molecular formula is C24H22N2O5S. The molecule has 0 bridgehead atoms. The minimum absolute atomic E-state index is 0.0367. The number of hydrogen-bond acceptors (Lipinski definition) is 7. The number of rotatable bonds is 7. The second kappa shape index (κ2) is 9.32. The number of aromatic nitrogens is 1. The number of benzene rings is 2. The molecule has 1 aliphatic heterocycles. The van der Waals surface area contributed by atoms with Crippen LogP contribution in [0.3, 0.4) is 0 Å². The molecule has 1 amide bonds. The molecule has 3 aromatic rings. The van der Waals surface area contributed by atoms with Gasteiger partial charge in [-0.25, -0.2) is 4.98 Å². The van der Waals surface area contributed by atoms with Gasteiger partial charge in [-0.05, 0) is 31.2 Å². The number of amides is 1. The summed E-state index contributed by atoms with van der Waals surface area (Å²) < 4.78 is 10.3. The molecule has 1 atom stereocenters. The van der Waals surface area contributed by atoms with E-state index in [1.54, 1.807) is 31.4 Å². The van der Waals surface area contributed by atoms with Crippen molar-refractivity contribution in [1.29, 1.82) is 0 Å². The average Bonchev–Trinajstić information content (AvgIpc) is 3.44. The van der Waals surface area contributed by atoms with E-state index in [0.717, 1.165) is 16.8 Å². The van der Waals surface area contributed by atoms with Crippen molar-refractivity contribution in [2.45, 2.75) is 13.3 Å². The Bertz CT molecular complexity index is 1140. The predicted octanol–water partition coefficient (Wildman–Crippen LogP) is 3.91. The third-order valence-electron chi connectivity index (χ3n) is 5.29. The highest BCUT2D eigenvalue weighted by Gasteiger charge is 2.37. The number of nitrogens with zero attached hydrogens (tertiary/aromatic N) is 2. The topological polar surface area (TPSA) is 85.8 Å². The maximum atomic E-state index is 12.5. The Labute approximate surface area is 189 Å². The Morgan fingerprint density at radius 3 is 2.53 bits per heavy atom. The maximum absolute atomic E-state index is 12.5. The van der Waals surface area contributed by atoms with Gasteiger partial charge in [-0.2, -0.15) is 0 Å². The van der Waals surface area contributed by atoms with Crippen molar-refractivity contribution >= 4 is 34.1 Å². The summed E-state index contributed by atoms with van der Waals surface area (Å²) in [6.07, 6.45) is 0.0367. The monoisotopic (exact) mass is 450 g/mol. The zero-order valence-electron chi connectivity index (χ0n) is 17.7. The molecule has 0 spiro atoms. The molecule has 2 aromatic carbocycles. The van der Waals surface area contributed by atoms with Crippen molar-refractivity contribution in [3.05, 3.63) is 65.0 Å². The SMILES string of the molecule is COc1ccc(C(=O)COC(=O)C2CC(=O)N(c3nc(-c4ccc(C)cc4)cs3)C2)cc1. The van der Waals surface area contributed by atoms with Gasteiger partial charge in [0, 0.05) is 29.5 Å². The van der Waals surface area contributed by atoms with Crippen LogP contribution in [0.2, 0.25) is 0 Å². The molecule has 7 nitrogen and oxygen atoms in total. The molecule has 1 unspecified atom stereocenters. The van der Waals surface area contributed by atoms with Gasteiger partial charge in [-0.3, -0.25) is 19.3 Å². The fourth-order valence-corrected chi connectivity index (χ4v) is 4.27. The summed E-state index contributed by atoms with van der Waals surface area (Å²) in [5, 5.41) is 2.45. The standard InChI is InChI=1S/C24H22N2O5S/c1-15-3-5-16(6-4-15)20-14-32-24(25-20)26-12-18(11-22(26)28)23(29)31-13-21(27)17-7-9-19(30-2)10-8-17/h3-10,14,18H,11-13H2,1-2H3. The summed E-state index contributed by atoms with van der Waals surface area (Å²) in [5.74, 6) is -1.05. The molecule has 1 fully saturated rings. The Kier molecular flexibility index (Phi) is 6.32. The van der Waals surface area contributed by atoms with Crippen molar-refractivity contribution in [1.82, 2.24) is 4.98 Å². The summed E-state index contributed by atoms with van der Waals surface area (Å²) in [4.78, 5) is 43.3. The summed E-state index contributed by atoms with van der Waals surface area (Å²) in [6.45, 7) is 1.84. The highest BCUT2D eigenvalue weighted by molar-refractivity contribution is 7.14. The number of aryl methyl sites for hydroxylation is 1. The molecule has 2 heterocycles. The van der Waals surface area contributed by atoms with Crippen LogP contribution >= 0.6 is 11.3 Å². The van der Waals surface area contributed by atoms with E-state index in [1.807, 2.05) is 36.6 Å². The van der Waals surface area contributed by atoms with E-state index in [1.165, 1.54) is 16.2 Å². The van der Waals surface area contributed by atoms with Gasteiger partial charge < -0.3 is 9.47 Å². The van der Waals surface area contributed by atoms with Gasteiger partial charge in [0.2, 0.25) is 5.91 Å². The quantitative estimate of drug-likeness (QED) is 0.401. The number of carbonyl (C=O) groups excluding carboxylic acids is 3. The van der Waals surface area contributed by atoms with Gasteiger partial charge in [0.25, 0.3) is 0 Å². The number of hydrogen-bond donors (Lipinski definition) is 0. The summed E-state index contributed by atoms with van der Waals surface area (Å²) >= 11 is 1.36. The van der Waals surface area contributed by atoms with Crippen LogP contribution in [0.1, 0.15) is 22.3 Å². The van der Waals surface area contributed by atoms with E-state index in [2.05, 4.69) is 4.98 Å². The molecule has 1 aliphatic rings. The largest absolute Gasteiger partial charge is 0.497 e. The van der Waals surface area contributed by atoms with E-state index >= 15 is 0 Å². The molecule has 4 rings (SSSR count). The number of thiazole rings is 1. The van der Waals surface area contributed by atoms with Gasteiger partial charge in [-0.15, -0.1) is 11.3 Å². The van der Waals surface area contributed by atoms with E-state index in [-0.39, 0.29) is 31.3 Å². The fraction of sp³-hybridized carbons (Fsp3) is 0.250. The molecule has 0 aliphatic carbocycles. The van der Waals surface area contributed by atoms with E-state index in [4.69, 9.17) is 9.47 Å². The lowest BCUT2D eigenvalue weighted by Crippen LogP contribution is -2.27. The Morgan fingerprint density at radius 1 is 1.12 bits per heavy atom. The van der Waals surface area contributed by atoms with Crippen LogP contribution in [0.15, 0.2) is 53.9 Å². The summed E-state index contributed by atoms with van der Waals surface area (Å²) in [7, 11) is 1.54. The van der Waals surface area contributed by atoms with Gasteiger partial charge in [-0.1, -0.05) is 29.8 Å². The third kappa shape index (κ3) is 4.70. The van der Waals surface area contributed by atoms with Crippen molar-refractivity contribution in [2.75, 3.05) is 25.2 Å². The van der Waals surface area contributed by atoms with Crippen molar-refractivity contribution in [3.63, 3.8) is 0 Å². The second-order valence-electron chi connectivity index (χ2n) is 7.55. The van der Waals surface area contributed by atoms with Crippen LogP contribution in [0.4, 0.5) is 5.13 Å². The van der Waals surface area contributed by atoms with Crippen molar-refractivity contribution in [3.8, 4) is 17.0 Å². The zero-order valence-corrected chi connectivity index (χ0v) is 18.6. The lowest BCUT2D eigenvalue weighted by molar-refractivity contribution is -0.147. The first-order valence-electron chi connectivity index (χ1n) is 10.1. The normalized spacial score (nSPS) is 15.6. The first-order valence-corrected chi connectivity index (χ1v) is 11.0. The highest BCUT2D eigenvalue weighted by Crippen LogP contribution is 2.32. The first-order chi connectivity index (χ1) is 15.4. The number of Topliss-reactive ketones (excluding diaryl/α,β-unsaturated/α-hetero) is 1. The molecule has 164 valence electrons. The summed E-state index contributed by atoms with van der Waals surface area (Å²) in [5.41, 5.74) is 3.34. The first kappa shape index (κ1) is 21.7. The van der Waals surface area contributed by atoms with Gasteiger partial charge in [0.05, 0.1) is 18.7 Å². The van der Waals surface area contributed by atoms with Crippen LogP contribution in [-0.4, -0.2) is 42.9 Å². The lowest BCUT2D eigenvalue weighted by Gasteiger charge is -2.13. The molecule has 1 aromatic heterocycles. The summed E-state index contributed by atoms with van der Waals surface area (Å²) in [6, 6.07) is 14.6. The Balaban J connectivity index is 1.35. The van der Waals surface area contributed by atoms with Gasteiger partial charge in [0.15, 0.2) is 17.5 Å². The molecule has 0 N–H and O–H groups in total. The number of ketones is 1. The second-order valence-corrected chi connectivity index (χ2v) is 8.38. The smallest absolute Gasteiger partial charge is 0.311 e. The van der Waals surface area contributed by atoms with Crippen LogP contribution in [0.5, 0.6) is 5.75 Å². The maximum Gasteiger partial charge on any atom is 0.311 e. The molecular weight excluding hydrogens is 428 g/mol. The van der Waals surface area contributed by atoms with Crippen LogP contribution in [0.25, 0.3) is 11.3 Å². The average molecular weight is 451 g/mol. The van der Waals surface area contributed by atoms with Crippen molar-refractivity contribution in [2.24, 2.45) is 5.92 Å². The third-order valence-corrected chi connectivity index (χ3v) is 6.15. The van der Waals surface area contributed by atoms with Gasteiger partial charge >= 0.3 is 5.97 Å². The number of anilines is 1.